The van der Waals surface area contributed by atoms with Crippen LogP contribution in [0.4, 0.5) is 0 Å². The molecule has 1 aliphatic rings. The van der Waals surface area contributed by atoms with Gasteiger partial charge >= 0.3 is 5.97 Å². The van der Waals surface area contributed by atoms with E-state index in [-0.39, 0.29) is 11.8 Å². The van der Waals surface area contributed by atoms with Crippen LogP contribution in [-0.4, -0.2) is 37.4 Å². The van der Waals surface area contributed by atoms with Crippen molar-refractivity contribution in [3.63, 3.8) is 0 Å². The van der Waals surface area contributed by atoms with Gasteiger partial charge in [0.1, 0.15) is 0 Å². The molecule has 0 aromatic carbocycles. The highest BCUT2D eigenvalue weighted by Crippen LogP contribution is 2.50. The van der Waals surface area contributed by atoms with Crippen molar-refractivity contribution in [1.82, 2.24) is 4.90 Å². The molecule has 18 heavy (non-hydrogen) atoms. The van der Waals surface area contributed by atoms with Crippen LogP contribution in [-0.2, 0) is 14.3 Å². The Hall–Kier alpha value is -1.32. The number of rotatable bonds is 3. The molecule has 0 amide bonds. The van der Waals surface area contributed by atoms with E-state index in [1.807, 2.05) is 27.9 Å². The number of ether oxygens (including phenoxy) is 1. The maximum atomic E-state index is 12.4. The fourth-order valence-electron chi connectivity index (χ4n) is 2.61. The van der Waals surface area contributed by atoms with Gasteiger partial charge in [-0.05, 0) is 20.3 Å². The molecule has 1 saturated carbocycles. The van der Waals surface area contributed by atoms with E-state index in [2.05, 4.69) is 0 Å². The highest BCUT2D eigenvalue weighted by molar-refractivity contribution is 6.08. The van der Waals surface area contributed by atoms with Gasteiger partial charge in [0.2, 0.25) is 0 Å². The third kappa shape index (κ3) is 2.42. The Balaban J connectivity index is 3.24. The SMILES string of the molecule is CCOC(=O)C1(C)CC(C)(C)C(=O)/C1=C/N(C)C. The van der Waals surface area contributed by atoms with E-state index in [9.17, 15) is 9.59 Å². The van der Waals surface area contributed by atoms with E-state index in [0.717, 1.165) is 0 Å². The fraction of sp³-hybridized carbons (Fsp3) is 0.714. The minimum atomic E-state index is -0.832. The van der Waals surface area contributed by atoms with E-state index >= 15 is 0 Å². The van der Waals surface area contributed by atoms with Crippen molar-refractivity contribution in [1.29, 1.82) is 0 Å². The van der Waals surface area contributed by atoms with Crippen LogP contribution in [0.3, 0.4) is 0 Å². The lowest BCUT2D eigenvalue weighted by molar-refractivity contribution is -0.152. The second kappa shape index (κ2) is 4.75. The molecule has 0 radical (unpaired) electrons. The van der Waals surface area contributed by atoms with Crippen LogP contribution in [0.5, 0.6) is 0 Å². The molecular formula is C14H23NO3. The number of esters is 1. The zero-order valence-electron chi connectivity index (χ0n) is 12.2. The van der Waals surface area contributed by atoms with Gasteiger partial charge in [-0.15, -0.1) is 0 Å². The molecule has 0 spiro atoms. The molecule has 1 rings (SSSR count). The van der Waals surface area contributed by atoms with Crippen molar-refractivity contribution >= 4 is 11.8 Å². The van der Waals surface area contributed by atoms with E-state index in [1.165, 1.54) is 0 Å². The first kappa shape index (κ1) is 14.7. The maximum Gasteiger partial charge on any atom is 0.316 e. The summed E-state index contributed by atoms with van der Waals surface area (Å²) in [7, 11) is 3.69. The Bertz CT molecular complexity index is 396. The van der Waals surface area contributed by atoms with Crippen LogP contribution < -0.4 is 0 Å². The number of hydrogen-bond donors (Lipinski definition) is 0. The predicted molar refractivity (Wildman–Crippen MR) is 69.9 cm³/mol. The van der Waals surface area contributed by atoms with Crippen molar-refractivity contribution in [2.45, 2.75) is 34.1 Å². The van der Waals surface area contributed by atoms with Gasteiger partial charge in [0.05, 0.1) is 12.0 Å². The smallest absolute Gasteiger partial charge is 0.316 e. The first-order valence-electron chi connectivity index (χ1n) is 6.26. The Kier molecular flexibility index (Phi) is 3.89. The van der Waals surface area contributed by atoms with Gasteiger partial charge in [-0.2, -0.15) is 0 Å². The minimum Gasteiger partial charge on any atom is -0.465 e. The molecule has 1 unspecified atom stereocenters. The lowest BCUT2D eigenvalue weighted by atomic mass is 9.82. The van der Waals surface area contributed by atoms with Gasteiger partial charge in [0, 0.05) is 31.3 Å². The summed E-state index contributed by atoms with van der Waals surface area (Å²) in [5.41, 5.74) is -0.791. The van der Waals surface area contributed by atoms with E-state index < -0.39 is 10.8 Å². The second-order valence-electron chi connectivity index (χ2n) is 5.95. The standard InChI is InChI=1S/C14H23NO3/c1-7-18-12(17)14(4)9-13(2,3)11(16)10(14)8-15(5)6/h8H,7,9H2,1-6H3/b10-8-. The summed E-state index contributed by atoms with van der Waals surface area (Å²) in [6.07, 6.45) is 2.24. The predicted octanol–water partition coefficient (Wildman–Crippen LogP) is 2.00. The van der Waals surface area contributed by atoms with Crippen molar-refractivity contribution in [2.75, 3.05) is 20.7 Å². The lowest BCUT2D eigenvalue weighted by Crippen LogP contribution is -2.30. The normalized spacial score (nSPS) is 28.6. The molecule has 0 aromatic rings. The summed E-state index contributed by atoms with van der Waals surface area (Å²) in [6, 6.07) is 0. The molecule has 0 heterocycles. The molecule has 1 fully saturated rings. The van der Waals surface area contributed by atoms with Gasteiger partial charge in [0.15, 0.2) is 5.78 Å². The number of carbonyl (C=O) groups is 2. The first-order chi connectivity index (χ1) is 8.15. The quantitative estimate of drug-likeness (QED) is 0.570. The van der Waals surface area contributed by atoms with Gasteiger partial charge in [0.25, 0.3) is 0 Å². The summed E-state index contributed by atoms with van der Waals surface area (Å²) >= 11 is 0. The minimum absolute atomic E-state index is 0.0340. The molecule has 0 bridgehead atoms. The third-order valence-corrected chi connectivity index (χ3v) is 3.36. The summed E-state index contributed by atoms with van der Waals surface area (Å²) < 4.78 is 5.13. The number of carbonyl (C=O) groups excluding carboxylic acids is 2. The molecule has 4 nitrogen and oxygen atoms in total. The Morgan fingerprint density at radius 3 is 2.39 bits per heavy atom. The van der Waals surface area contributed by atoms with Crippen LogP contribution >= 0.6 is 0 Å². The average Bonchev–Trinajstić information content (AvgIpc) is 2.39. The van der Waals surface area contributed by atoms with Gasteiger partial charge < -0.3 is 9.64 Å². The zero-order valence-corrected chi connectivity index (χ0v) is 12.2. The van der Waals surface area contributed by atoms with E-state index in [0.29, 0.717) is 18.6 Å². The van der Waals surface area contributed by atoms with Gasteiger partial charge in [-0.3, -0.25) is 9.59 Å². The van der Waals surface area contributed by atoms with Crippen LogP contribution in [0.2, 0.25) is 0 Å². The Morgan fingerprint density at radius 2 is 1.94 bits per heavy atom. The topological polar surface area (TPSA) is 46.6 Å². The van der Waals surface area contributed by atoms with E-state index in [4.69, 9.17) is 4.74 Å². The zero-order chi connectivity index (χ0) is 14.1. The van der Waals surface area contributed by atoms with Crippen molar-refractivity contribution in [2.24, 2.45) is 10.8 Å². The van der Waals surface area contributed by atoms with Crippen LogP contribution in [0.15, 0.2) is 11.8 Å². The second-order valence-corrected chi connectivity index (χ2v) is 5.95. The molecule has 1 atom stereocenters. The summed E-state index contributed by atoms with van der Waals surface area (Å²) in [5, 5.41) is 0. The molecule has 0 saturated heterocycles. The third-order valence-electron chi connectivity index (χ3n) is 3.36. The van der Waals surface area contributed by atoms with Crippen LogP contribution in [0, 0.1) is 10.8 Å². The summed E-state index contributed by atoms with van der Waals surface area (Å²) in [4.78, 5) is 26.3. The molecule has 0 aliphatic heterocycles. The first-order valence-corrected chi connectivity index (χ1v) is 6.26. The lowest BCUT2D eigenvalue weighted by Gasteiger charge is -2.24. The monoisotopic (exact) mass is 253 g/mol. The Morgan fingerprint density at radius 1 is 1.39 bits per heavy atom. The number of nitrogens with zero attached hydrogens (tertiary/aromatic N) is 1. The molecule has 102 valence electrons. The van der Waals surface area contributed by atoms with Crippen molar-refractivity contribution in [3.8, 4) is 0 Å². The average molecular weight is 253 g/mol. The molecular weight excluding hydrogens is 230 g/mol. The molecule has 0 N–H and O–H groups in total. The Labute approximate surface area is 109 Å². The molecule has 4 heteroatoms. The van der Waals surface area contributed by atoms with Crippen LogP contribution in [0.1, 0.15) is 34.1 Å². The summed E-state index contributed by atoms with van der Waals surface area (Å²) in [6.45, 7) is 7.66. The number of hydrogen-bond acceptors (Lipinski definition) is 4. The number of ketones is 1. The number of Topliss-reactive ketones (excluding diaryl/α,β-unsaturated/α-hetero) is 1. The van der Waals surface area contributed by atoms with Gasteiger partial charge in [-0.1, -0.05) is 13.8 Å². The largest absolute Gasteiger partial charge is 0.465 e. The summed E-state index contributed by atoms with van der Waals surface area (Å²) in [5.74, 6) is -0.274. The van der Waals surface area contributed by atoms with Crippen molar-refractivity contribution < 1.29 is 14.3 Å². The molecule has 1 aliphatic carbocycles. The molecule has 0 aromatic heterocycles. The van der Waals surface area contributed by atoms with E-state index in [1.54, 1.807) is 24.9 Å². The highest BCUT2D eigenvalue weighted by atomic mass is 16.5. The van der Waals surface area contributed by atoms with Crippen LogP contribution in [0.25, 0.3) is 0 Å². The van der Waals surface area contributed by atoms with Gasteiger partial charge in [-0.25, -0.2) is 0 Å². The maximum absolute atomic E-state index is 12.4. The fourth-order valence-corrected chi connectivity index (χ4v) is 2.61. The highest BCUT2D eigenvalue weighted by Gasteiger charge is 2.55. The van der Waals surface area contributed by atoms with Crippen molar-refractivity contribution in [3.05, 3.63) is 11.8 Å².